The molecule has 1 atom stereocenters. The number of pyridine rings is 1. The third-order valence-corrected chi connectivity index (χ3v) is 5.69. The maximum absolute atomic E-state index is 13.3. The average molecular weight is 464 g/mol. The molecule has 0 fully saturated rings. The lowest BCUT2D eigenvalue weighted by Gasteiger charge is -2.25. The molecule has 0 amide bonds. The molecule has 164 valence electrons. The molecule has 1 aliphatic rings. The second-order valence-electron chi connectivity index (χ2n) is 7.37. The average Bonchev–Trinajstić information content (AvgIpc) is 3.38. The molecular formula is C20H14ClF4N7. The van der Waals surface area contributed by atoms with E-state index in [0.29, 0.717) is 35.3 Å². The molecule has 0 spiro atoms. The van der Waals surface area contributed by atoms with E-state index in [2.05, 4.69) is 25.4 Å². The van der Waals surface area contributed by atoms with Crippen LogP contribution in [0.1, 0.15) is 24.1 Å². The molecule has 0 aliphatic carbocycles. The fraction of sp³-hybridized carbons (Fsp3) is 0.250. The summed E-state index contributed by atoms with van der Waals surface area (Å²) in [6.07, 6.45) is -3.10. The molecule has 4 aromatic rings. The minimum absolute atomic E-state index is 0.123. The van der Waals surface area contributed by atoms with Gasteiger partial charge >= 0.3 is 6.18 Å². The number of benzene rings is 1. The van der Waals surface area contributed by atoms with Crippen molar-refractivity contribution in [3.63, 3.8) is 0 Å². The zero-order valence-electron chi connectivity index (χ0n) is 16.5. The molecular weight excluding hydrogens is 450 g/mol. The van der Waals surface area contributed by atoms with Gasteiger partial charge in [0.2, 0.25) is 11.6 Å². The topological polar surface area (TPSA) is 74.3 Å². The Morgan fingerprint density at radius 2 is 1.75 bits per heavy atom. The van der Waals surface area contributed by atoms with Crippen LogP contribution in [0.4, 0.5) is 17.6 Å². The van der Waals surface area contributed by atoms with E-state index in [9.17, 15) is 17.6 Å². The number of fused-ring (bicyclic) bond motifs is 3. The number of nitrogens with zero attached hydrogens (tertiary/aromatic N) is 7. The molecule has 4 heterocycles. The number of halogens is 5. The van der Waals surface area contributed by atoms with Gasteiger partial charge in [0, 0.05) is 18.3 Å². The maximum Gasteiger partial charge on any atom is 0.417 e. The maximum atomic E-state index is 13.3. The van der Waals surface area contributed by atoms with E-state index in [1.807, 2.05) is 6.92 Å². The highest BCUT2D eigenvalue weighted by Gasteiger charge is 2.36. The van der Waals surface area contributed by atoms with Gasteiger partial charge in [0.1, 0.15) is 12.4 Å². The summed E-state index contributed by atoms with van der Waals surface area (Å²) in [4.78, 5) is 4.26. The Hall–Kier alpha value is -3.34. The summed E-state index contributed by atoms with van der Waals surface area (Å²) in [7, 11) is 0. The smallest absolute Gasteiger partial charge is 0.301 e. The molecule has 5 rings (SSSR count). The molecule has 0 unspecified atom stereocenters. The molecule has 0 bridgehead atoms. The van der Waals surface area contributed by atoms with Crippen LogP contribution in [0.2, 0.25) is 5.02 Å². The first kappa shape index (κ1) is 20.6. The zero-order chi connectivity index (χ0) is 22.6. The van der Waals surface area contributed by atoms with Crippen molar-refractivity contribution in [2.24, 2.45) is 0 Å². The SMILES string of the molecule is C[C@H]1Cn2c(-c3cc(CF)ccn3)nnc2-c2nnc(-c3cccc(C(F)(F)F)c3Cl)n21. The van der Waals surface area contributed by atoms with Crippen LogP contribution in [0.5, 0.6) is 0 Å². The fourth-order valence-corrected chi connectivity index (χ4v) is 4.14. The first-order valence-electron chi connectivity index (χ1n) is 9.55. The predicted octanol–water partition coefficient (Wildman–Crippen LogP) is 4.98. The minimum Gasteiger partial charge on any atom is -0.301 e. The first-order chi connectivity index (χ1) is 15.3. The van der Waals surface area contributed by atoms with E-state index < -0.39 is 23.4 Å². The second kappa shape index (κ2) is 7.37. The van der Waals surface area contributed by atoms with Crippen LogP contribution in [-0.4, -0.2) is 34.5 Å². The van der Waals surface area contributed by atoms with Crippen molar-refractivity contribution in [1.82, 2.24) is 34.5 Å². The number of hydrogen-bond acceptors (Lipinski definition) is 5. The highest BCUT2D eigenvalue weighted by molar-refractivity contribution is 6.34. The van der Waals surface area contributed by atoms with E-state index in [0.717, 1.165) is 6.07 Å². The molecule has 0 N–H and O–H groups in total. The lowest BCUT2D eigenvalue weighted by atomic mass is 10.1. The highest BCUT2D eigenvalue weighted by atomic mass is 35.5. The Morgan fingerprint density at radius 3 is 2.50 bits per heavy atom. The molecule has 0 saturated carbocycles. The largest absolute Gasteiger partial charge is 0.417 e. The Morgan fingerprint density at radius 1 is 1.03 bits per heavy atom. The molecule has 32 heavy (non-hydrogen) atoms. The van der Waals surface area contributed by atoms with Crippen molar-refractivity contribution in [3.8, 4) is 34.6 Å². The summed E-state index contributed by atoms with van der Waals surface area (Å²) < 4.78 is 56.5. The Kier molecular flexibility index (Phi) is 4.73. The molecule has 12 heteroatoms. The van der Waals surface area contributed by atoms with Crippen molar-refractivity contribution < 1.29 is 17.6 Å². The van der Waals surface area contributed by atoms with E-state index in [1.54, 1.807) is 21.3 Å². The third-order valence-electron chi connectivity index (χ3n) is 5.29. The van der Waals surface area contributed by atoms with Crippen molar-refractivity contribution in [2.75, 3.05) is 0 Å². The molecule has 0 saturated heterocycles. The molecule has 7 nitrogen and oxygen atoms in total. The zero-order valence-corrected chi connectivity index (χ0v) is 17.2. The van der Waals surface area contributed by atoms with E-state index in [4.69, 9.17) is 11.6 Å². The summed E-state index contributed by atoms with van der Waals surface area (Å²) in [6, 6.07) is 6.58. The van der Waals surface area contributed by atoms with Crippen molar-refractivity contribution in [3.05, 3.63) is 52.7 Å². The van der Waals surface area contributed by atoms with E-state index in [-0.39, 0.29) is 17.4 Å². The van der Waals surface area contributed by atoms with Crippen molar-refractivity contribution >= 4 is 11.6 Å². The van der Waals surface area contributed by atoms with Crippen LogP contribution in [0.15, 0.2) is 36.5 Å². The molecule has 1 aliphatic heterocycles. The van der Waals surface area contributed by atoms with E-state index >= 15 is 0 Å². The van der Waals surface area contributed by atoms with Crippen molar-refractivity contribution in [1.29, 1.82) is 0 Å². The number of hydrogen-bond donors (Lipinski definition) is 0. The predicted molar refractivity (Wildman–Crippen MR) is 107 cm³/mol. The van der Waals surface area contributed by atoms with Gasteiger partial charge in [-0.1, -0.05) is 17.7 Å². The first-order valence-corrected chi connectivity index (χ1v) is 9.93. The lowest BCUT2D eigenvalue weighted by molar-refractivity contribution is -0.137. The van der Waals surface area contributed by atoms with Crippen LogP contribution in [0.25, 0.3) is 34.6 Å². The van der Waals surface area contributed by atoms with Crippen LogP contribution >= 0.6 is 11.6 Å². The summed E-state index contributed by atoms with van der Waals surface area (Å²) in [5, 5.41) is 16.2. The standard InChI is InChI=1S/C20H14ClF4N7/c1-10-9-31-17(14-7-11(8-22)5-6-26-14)28-29-18(31)19-30-27-16(32(10)19)12-3-2-4-13(15(12)21)20(23,24)25/h2-7,10H,8-9H2,1H3/t10-/m0/s1. The fourth-order valence-electron chi connectivity index (χ4n) is 3.83. The Labute approximate surface area is 183 Å². The molecule has 0 radical (unpaired) electrons. The van der Waals surface area contributed by atoms with Crippen LogP contribution < -0.4 is 0 Å². The van der Waals surface area contributed by atoms with Gasteiger partial charge < -0.3 is 4.57 Å². The lowest BCUT2D eigenvalue weighted by Crippen LogP contribution is -2.22. The Bertz CT molecular complexity index is 1330. The van der Waals surface area contributed by atoms with Gasteiger partial charge in [-0.25, -0.2) is 4.39 Å². The monoisotopic (exact) mass is 463 g/mol. The summed E-state index contributed by atoms with van der Waals surface area (Å²) in [5.41, 5.74) is 0.0976. The van der Waals surface area contributed by atoms with Gasteiger partial charge in [0.05, 0.1) is 16.6 Å². The van der Waals surface area contributed by atoms with Gasteiger partial charge in [0.15, 0.2) is 11.6 Å². The number of alkyl halides is 4. The quantitative estimate of drug-likeness (QED) is 0.400. The normalized spacial score (nSPS) is 15.5. The van der Waals surface area contributed by atoms with Crippen molar-refractivity contribution in [2.45, 2.75) is 32.4 Å². The molecule has 1 aromatic carbocycles. The molecule has 3 aromatic heterocycles. The highest BCUT2D eigenvalue weighted by Crippen LogP contribution is 2.41. The van der Waals surface area contributed by atoms with E-state index in [1.165, 1.54) is 18.3 Å². The van der Waals surface area contributed by atoms with Gasteiger partial charge in [-0.3, -0.25) is 9.55 Å². The van der Waals surface area contributed by atoms with Gasteiger partial charge in [-0.15, -0.1) is 20.4 Å². The summed E-state index contributed by atoms with van der Waals surface area (Å²) >= 11 is 6.11. The van der Waals surface area contributed by atoms with Gasteiger partial charge in [0.25, 0.3) is 0 Å². The van der Waals surface area contributed by atoms with Crippen LogP contribution in [0, 0.1) is 0 Å². The van der Waals surface area contributed by atoms with Gasteiger partial charge in [-0.05, 0) is 36.8 Å². The van der Waals surface area contributed by atoms with Crippen LogP contribution in [0.3, 0.4) is 0 Å². The second-order valence-corrected chi connectivity index (χ2v) is 7.75. The summed E-state index contributed by atoms with van der Waals surface area (Å²) in [6.45, 7) is 1.62. The van der Waals surface area contributed by atoms with Gasteiger partial charge in [-0.2, -0.15) is 13.2 Å². The number of aromatic nitrogens is 7. The minimum atomic E-state index is -4.60. The third kappa shape index (κ3) is 3.15. The van der Waals surface area contributed by atoms with Crippen LogP contribution in [-0.2, 0) is 19.4 Å². The Balaban J connectivity index is 1.64. The number of rotatable bonds is 3. The summed E-state index contributed by atoms with van der Waals surface area (Å²) in [5.74, 6) is 1.37.